The Bertz CT molecular complexity index is 1030. The summed E-state index contributed by atoms with van der Waals surface area (Å²) in [7, 11) is 1.47. The molecule has 156 valence electrons. The van der Waals surface area contributed by atoms with Gasteiger partial charge in [0.05, 0.1) is 17.7 Å². The van der Waals surface area contributed by atoms with Gasteiger partial charge in [0.2, 0.25) is 5.91 Å². The minimum absolute atomic E-state index is 0.00885. The predicted octanol–water partition coefficient (Wildman–Crippen LogP) is 2.62. The number of aromatic hydroxyl groups is 2. The van der Waals surface area contributed by atoms with Crippen molar-refractivity contribution in [2.45, 2.75) is 6.42 Å². The third kappa shape index (κ3) is 4.89. The van der Waals surface area contributed by atoms with Gasteiger partial charge in [-0.3, -0.25) is 19.3 Å². The van der Waals surface area contributed by atoms with Crippen LogP contribution in [-0.4, -0.2) is 62.1 Å². The van der Waals surface area contributed by atoms with Crippen molar-refractivity contribution in [2.75, 3.05) is 20.1 Å². The Morgan fingerprint density at radius 3 is 2.70 bits per heavy atom. The van der Waals surface area contributed by atoms with Crippen LogP contribution in [0.1, 0.15) is 22.5 Å². The summed E-state index contributed by atoms with van der Waals surface area (Å²) in [5.41, 5.74) is 0.171. The Balaban J connectivity index is 1.55. The predicted molar refractivity (Wildman–Crippen MR) is 115 cm³/mol. The largest absolute Gasteiger partial charge is 0.504 e. The minimum atomic E-state index is -0.410. The van der Waals surface area contributed by atoms with E-state index < -0.39 is 11.5 Å². The Labute approximate surface area is 181 Å². The number of amides is 2. The summed E-state index contributed by atoms with van der Waals surface area (Å²) in [6.45, 7) is -0.114. The number of benzene rings is 1. The molecular formula is C20H18N2O6S2. The zero-order chi connectivity index (χ0) is 21.8. The van der Waals surface area contributed by atoms with E-state index in [0.717, 1.165) is 17.8 Å². The number of hydrogen-bond acceptors (Lipinski definition) is 8. The second-order valence-electron chi connectivity index (χ2n) is 6.48. The fourth-order valence-corrected chi connectivity index (χ4v) is 3.97. The molecule has 1 aromatic carbocycles. The lowest BCUT2D eigenvalue weighted by atomic mass is 10.1. The van der Waals surface area contributed by atoms with Crippen LogP contribution < -0.4 is 0 Å². The summed E-state index contributed by atoms with van der Waals surface area (Å²) in [6, 6.07) is 7.14. The van der Waals surface area contributed by atoms with Crippen molar-refractivity contribution in [1.82, 2.24) is 9.80 Å². The quantitative estimate of drug-likeness (QED) is 0.289. The number of nitrogens with zero attached hydrogens (tertiary/aromatic N) is 2. The maximum atomic E-state index is 12.5. The summed E-state index contributed by atoms with van der Waals surface area (Å²) < 4.78 is 5.56. The fourth-order valence-electron chi connectivity index (χ4n) is 2.69. The molecular weight excluding hydrogens is 428 g/mol. The molecule has 2 amide bonds. The van der Waals surface area contributed by atoms with Gasteiger partial charge < -0.3 is 19.5 Å². The lowest BCUT2D eigenvalue weighted by molar-refractivity contribution is -0.130. The van der Waals surface area contributed by atoms with Gasteiger partial charge in [-0.25, -0.2) is 0 Å². The Hall–Kier alpha value is -3.11. The third-order valence-corrected chi connectivity index (χ3v) is 5.72. The van der Waals surface area contributed by atoms with Gasteiger partial charge in [0, 0.05) is 31.7 Å². The maximum Gasteiger partial charge on any atom is 0.266 e. The number of phenols is 2. The lowest BCUT2D eigenvalue weighted by Gasteiger charge is -2.19. The van der Waals surface area contributed by atoms with Gasteiger partial charge in [0.1, 0.15) is 10.1 Å². The number of phenolic OH excluding ortho intramolecular Hbond substituents is 2. The third-order valence-electron chi connectivity index (χ3n) is 4.34. The molecule has 8 nitrogen and oxygen atoms in total. The lowest BCUT2D eigenvalue weighted by Crippen LogP contribution is -2.36. The Morgan fingerprint density at radius 1 is 1.27 bits per heavy atom. The highest BCUT2D eigenvalue weighted by Gasteiger charge is 2.32. The highest BCUT2D eigenvalue weighted by atomic mass is 32.2. The molecule has 2 heterocycles. The molecule has 3 rings (SSSR count). The van der Waals surface area contributed by atoms with E-state index in [2.05, 4.69) is 0 Å². The molecule has 1 saturated heterocycles. The first-order valence-electron chi connectivity index (χ1n) is 8.84. The molecule has 0 unspecified atom stereocenters. The number of Topliss-reactive ketones (excluding diaryl/α,β-unsaturated/α-hetero) is 1. The normalized spacial score (nSPS) is 15.1. The second-order valence-corrected chi connectivity index (χ2v) is 8.15. The first-order chi connectivity index (χ1) is 14.3. The number of furan rings is 1. The number of thiocarbonyl (C=S) groups is 1. The molecule has 0 saturated carbocycles. The number of hydrogen-bond donors (Lipinski definition) is 2. The summed E-state index contributed by atoms with van der Waals surface area (Å²) in [5, 5.41) is 18.8. The summed E-state index contributed by atoms with van der Waals surface area (Å²) in [6.07, 6.45) is 3.09. The molecule has 2 aromatic rings. The van der Waals surface area contributed by atoms with Crippen LogP contribution in [0.5, 0.6) is 11.5 Å². The van der Waals surface area contributed by atoms with Gasteiger partial charge in [-0.2, -0.15) is 0 Å². The van der Waals surface area contributed by atoms with Crippen LogP contribution in [0.3, 0.4) is 0 Å². The van der Waals surface area contributed by atoms with Crippen LogP contribution in [0.15, 0.2) is 45.9 Å². The van der Waals surface area contributed by atoms with E-state index in [1.165, 1.54) is 35.2 Å². The molecule has 0 radical (unpaired) electrons. The maximum absolute atomic E-state index is 12.5. The van der Waals surface area contributed by atoms with Gasteiger partial charge in [0.25, 0.3) is 5.91 Å². The van der Waals surface area contributed by atoms with E-state index in [4.69, 9.17) is 16.6 Å². The van der Waals surface area contributed by atoms with Crippen LogP contribution in [0.25, 0.3) is 6.08 Å². The smallest absolute Gasteiger partial charge is 0.266 e. The van der Waals surface area contributed by atoms with E-state index in [-0.39, 0.29) is 42.6 Å². The molecule has 0 aliphatic carbocycles. The zero-order valence-electron chi connectivity index (χ0n) is 15.9. The number of carbonyl (C=O) groups excluding carboxylic acids is 3. The van der Waals surface area contributed by atoms with Crippen molar-refractivity contribution >= 4 is 52.0 Å². The number of thioether (sulfide) groups is 1. The fraction of sp³-hybridized carbons (Fsp3) is 0.200. The molecule has 1 aromatic heterocycles. The van der Waals surface area contributed by atoms with E-state index >= 15 is 0 Å². The monoisotopic (exact) mass is 446 g/mol. The van der Waals surface area contributed by atoms with E-state index in [9.17, 15) is 24.6 Å². The van der Waals surface area contributed by atoms with E-state index in [0.29, 0.717) is 15.0 Å². The van der Waals surface area contributed by atoms with Crippen LogP contribution >= 0.6 is 24.0 Å². The van der Waals surface area contributed by atoms with Gasteiger partial charge >= 0.3 is 0 Å². The van der Waals surface area contributed by atoms with Crippen molar-refractivity contribution in [3.05, 3.63) is 52.8 Å². The highest BCUT2D eigenvalue weighted by molar-refractivity contribution is 8.26. The topological polar surface area (TPSA) is 111 Å². The van der Waals surface area contributed by atoms with Gasteiger partial charge in [-0.05, 0) is 30.3 Å². The number of carbonyl (C=O) groups is 3. The average Bonchev–Trinajstić information content (AvgIpc) is 3.30. The summed E-state index contributed by atoms with van der Waals surface area (Å²) >= 11 is 6.37. The summed E-state index contributed by atoms with van der Waals surface area (Å²) in [5.74, 6) is -1.24. The van der Waals surface area contributed by atoms with Gasteiger partial charge in [-0.15, -0.1) is 0 Å². The zero-order valence-corrected chi connectivity index (χ0v) is 17.5. The highest BCUT2D eigenvalue weighted by Crippen LogP contribution is 2.32. The number of ketones is 1. The van der Waals surface area contributed by atoms with Crippen molar-refractivity contribution < 1.29 is 29.0 Å². The van der Waals surface area contributed by atoms with E-state index in [1.807, 2.05) is 0 Å². The first kappa shape index (κ1) is 21.6. The van der Waals surface area contributed by atoms with Gasteiger partial charge in [0.15, 0.2) is 17.3 Å². The standard InChI is InChI=1S/C20H18N2O6S2/c1-21(11-16(25)12-4-5-14(23)15(24)9-12)18(26)6-7-22-19(27)17(30-20(22)29)10-13-3-2-8-28-13/h2-5,8-10,23-24H,6-7,11H2,1H3/b17-10+. The van der Waals surface area contributed by atoms with E-state index in [1.54, 1.807) is 18.2 Å². The number of likely N-dealkylation sites (N-methyl/N-ethyl adjacent to an activating group) is 1. The number of rotatable bonds is 7. The van der Waals surface area contributed by atoms with Gasteiger partial charge in [-0.1, -0.05) is 24.0 Å². The van der Waals surface area contributed by atoms with Crippen molar-refractivity contribution in [1.29, 1.82) is 0 Å². The minimum Gasteiger partial charge on any atom is -0.504 e. The summed E-state index contributed by atoms with van der Waals surface area (Å²) in [4.78, 5) is 40.2. The molecule has 0 bridgehead atoms. The second kappa shape index (κ2) is 9.14. The Kier molecular flexibility index (Phi) is 6.58. The molecule has 1 fully saturated rings. The molecule has 1 aliphatic rings. The van der Waals surface area contributed by atoms with Crippen LogP contribution in [0, 0.1) is 0 Å². The molecule has 10 heteroatoms. The van der Waals surface area contributed by atoms with Crippen LogP contribution in [-0.2, 0) is 9.59 Å². The first-order valence-corrected chi connectivity index (χ1v) is 10.1. The van der Waals surface area contributed by atoms with Crippen molar-refractivity contribution in [2.24, 2.45) is 0 Å². The molecule has 1 aliphatic heterocycles. The average molecular weight is 447 g/mol. The van der Waals surface area contributed by atoms with Crippen molar-refractivity contribution in [3.8, 4) is 11.5 Å². The molecule has 0 atom stereocenters. The molecule has 0 spiro atoms. The molecule has 30 heavy (non-hydrogen) atoms. The molecule has 2 N–H and O–H groups in total. The van der Waals surface area contributed by atoms with Crippen LogP contribution in [0.2, 0.25) is 0 Å². The van der Waals surface area contributed by atoms with Crippen molar-refractivity contribution in [3.63, 3.8) is 0 Å². The SMILES string of the molecule is CN(CC(=O)c1ccc(O)c(O)c1)C(=O)CCN1C(=O)/C(=C\c2ccco2)SC1=S. The Morgan fingerprint density at radius 2 is 2.03 bits per heavy atom. The van der Waals surface area contributed by atoms with Crippen LogP contribution in [0.4, 0.5) is 0 Å².